The third kappa shape index (κ3) is 2.84. The van der Waals surface area contributed by atoms with E-state index in [2.05, 4.69) is 0 Å². The van der Waals surface area contributed by atoms with E-state index < -0.39 is 5.97 Å². The predicted molar refractivity (Wildman–Crippen MR) is 81.4 cm³/mol. The van der Waals surface area contributed by atoms with Gasteiger partial charge in [-0.3, -0.25) is 0 Å². The second kappa shape index (κ2) is 5.87. The lowest BCUT2D eigenvalue weighted by atomic mass is 9.95. The Morgan fingerprint density at radius 1 is 0.905 bits per heavy atom. The smallest absolute Gasteiger partial charge is 0.336 e. The largest absolute Gasteiger partial charge is 0.493 e. The van der Waals surface area contributed by atoms with Crippen molar-refractivity contribution in [3.05, 3.63) is 47.0 Å². The predicted octanol–water partition coefficient (Wildman–Crippen LogP) is 3.69. The summed E-state index contributed by atoms with van der Waals surface area (Å²) < 4.78 is 10.5. The second-order valence-corrected chi connectivity index (χ2v) is 4.86. The van der Waals surface area contributed by atoms with E-state index in [-0.39, 0.29) is 0 Å². The first-order valence-corrected chi connectivity index (χ1v) is 6.55. The zero-order valence-corrected chi connectivity index (χ0v) is 12.6. The number of methoxy groups -OCH3 is 2. The van der Waals surface area contributed by atoms with E-state index in [9.17, 15) is 9.90 Å². The summed E-state index contributed by atoms with van der Waals surface area (Å²) in [4.78, 5) is 11.2. The molecule has 2 aromatic rings. The van der Waals surface area contributed by atoms with Crippen molar-refractivity contribution in [2.75, 3.05) is 14.2 Å². The number of aryl methyl sites for hydroxylation is 2. The van der Waals surface area contributed by atoms with Gasteiger partial charge in [0, 0.05) is 0 Å². The summed E-state index contributed by atoms with van der Waals surface area (Å²) in [6.07, 6.45) is 0. The molecule has 0 spiro atoms. The molecule has 0 aliphatic carbocycles. The summed E-state index contributed by atoms with van der Waals surface area (Å²) in [5.74, 6) is 0.410. The Hall–Kier alpha value is -2.49. The highest BCUT2D eigenvalue weighted by Crippen LogP contribution is 2.33. The van der Waals surface area contributed by atoms with Gasteiger partial charge in [-0.15, -0.1) is 0 Å². The van der Waals surface area contributed by atoms with E-state index >= 15 is 0 Å². The normalized spacial score (nSPS) is 10.3. The highest BCUT2D eigenvalue weighted by molar-refractivity contribution is 5.92. The third-order valence-corrected chi connectivity index (χ3v) is 3.46. The Balaban J connectivity index is 2.55. The summed E-state index contributed by atoms with van der Waals surface area (Å²) in [6, 6.07) is 9.39. The highest BCUT2D eigenvalue weighted by atomic mass is 16.5. The number of aromatic carboxylic acids is 1. The zero-order valence-electron chi connectivity index (χ0n) is 12.6. The molecule has 2 aromatic carbocycles. The van der Waals surface area contributed by atoms with Crippen molar-refractivity contribution in [2.45, 2.75) is 13.8 Å². The molecule has 0 saturated carbocycles. The van der Waals surface area contributed by atoms with Crippen LogP contribution in [0.3, 0.4) is 0 Å². The van der Waals surface area contributed by atoms with Crippen molar-refractivity contribution < 1.29 is 19.4 Å². The Bertz CT molecular complexity index is 666. The Labute approximate surface area is 123 Å². The molecule has 4 nitrogen and oxygen atoms in total. The van der Waals surface area contributed by atoms with Crippen molar-refractivity contribution in [3.63, 3.8) is 0 Å². The number of benzene rings is 2. The molecule has 0 bridgehead atoms. The van der Waals surface area contributed by atoms with Crippen LogP contribution in [0.5, 0.6) is 11.5 Å². The molecule has 4 heteroatoms. The van der Waals surface area contributed by atoms with Crippen LogP contribution in [0.15, 0.2) is 30.3 Å². The fourth-order valence-corrected chi connectivity index (χ4v) is 2.48. The van der Waals surface area contributed by atoms with Crippen LogP contribution in [0.2, 0.25) is 0 Å². The fraction of sp³-hybridized carbons (Fsp3) is 0.235. The summed E-state index contributed by atoms with van der Waals surface area (Å²) in [5.41, 5.74) is 3.76. The first kappa shape index (κ1) is 14.9. The maximum atomic E-state index is 11.2. The molecule has 0 heterocycles. The monoisotopic (exact) mass is 286 g/mol. The number of rotatable bonds is 4. The van der Waals surface area contributed by atoms with Crippen molar-refractivity contribution in [3.8, 4) is 22.6 Å². The Morgan fingerprint density at radius 2 is 1.48 bits per heavy atom. The van der Waals surface area contributed by atoms with Crippen molar-refractivity contribution in [1.82, 2.24) is 0 Å². The lowest BCUT2D eigenvalue weighted by molar-refractivity contribution is 0.0695. The summed E-state index contributed by atoms with van der Waals surface area (Å²) in [6.45, 7) is 3.61. The van der Waals surface area contributed by atoms with Crippen molar-refractivity contribution in [1.29, 1.82) is 0 Å². The lowest BCUT2D eigenvalue weighted by Crippen LogP contribution is -2.03. The van der Waals surface area contributed by atoms with Gasteiger partial charge in [0.2, 0.25) is 0 Å². The van der Waals surface area contributed by atoms with Gasteiger partial charge in [-0.2, -0.15) is 0 Å². The van der Waals surface area contributed by atoms with Crippen LogP contribution >= 0.6 is 0 Å². The average Bonchev–Trinajstić information content (AvgIpc) is 2.45. The minimum absolute atomic E-state index is 0.360. The molecule has 0 saturated heterocycles. The molecule has 0 atom stereocenters. The van der Waals surface area contributed by atoms with Crippen LogP contribution in [0.4, 0.5) is 0 Å². The number of carboxylic acid groups (broad SMARTS) is 1. The van der Waals surface area contributed by atoms with Gasteiger partial charge in [-0.05, 0) is 48.2 Å². The molecule has 0 aliphatic heterocycles. The lowest BCUT2D eigenvalue weighted by Gasteiger charge is -2.12. The van der Waals surface area contributed by atoms with Crippen molar-refractivity contribution >= 4 is 5.97 Å². The van der Waals surface area contributed by atoms with Gasteiger partial charge in [0.25, 0.3) is 0 Å². The molecule has 0 aliphatic rings. The van der Waals surface area contributed by atoms with Gasteiger partial charge in [0.05, 0.1) is 19.8 Å². The van der Waals surface area contributed by atoms with Gasteiger partial charge in [-0.1, -0.05) is 18.2 Å². The molecule has 0 aromatic heterocycles. The quantitative estimate of drug-likeness (QED) is 0.931. The summed E-state index contributed by atoms with van der Waals surface area (Å²) >= 11 is 0. The number of ether oxygens (including phenoxy) is 2. The zero-order chi connectivity index (χ0) is 15.6. The third-order valence-electron chi connectivity index (χ3n) is 3.46. The van der Waals surface area contributed by atoms with E-state index in [4.69, 9.17) is 9.47 Å². The van der Waals surface area contributed by atoms with E-state index in [1.54, 1.807) is 28.1 Å². The molecule has 1 N–H and O–H groups in total. The number of carbonyl (C=O) groups is 1. The van der Waals surface area contributed by atoms with E-state index in [0.29, 0.717) is 17.1 Å². The molecule has 0 amide bonds. The van der Waals surface area contributed by atoms with Gasteiger partial charge in [-0.25, -0.2) is 4.79 Å². The summed E-state index contributed by atoms with van der Waals surface area (Å²) in [7, 11) is 3.18. The number of hydrogen-bond donors (Lipinski definition) is 1. The minimum Gasteiger partial charge on any atom is -0.493 e. The standard InChI is InChI=1S/C17H18O4/c1-10-7-13(8-11(2)16(10)17(18)19)12-5-6-14(20-3)15(9-12)21-4/h5-9H,1-4H3,(H,18,19). The molecule has 0 fully saturated rings. The number of hydrogen-bond acceptors (Lipinski definition) is 3. The van der Waals surface area contributed by atoms with Crippen LogP contribution in [0.1, 0.15) is 21.5 Å². The highest BCUT2D eigenvalue weighted by Gasteiger charge is 2.13. The van der Waals surface area contributed by atoms with Crippen LogP contribution in [0.25, 0.3) is 11.1 Å². The summed E-state index contributed by atoms with van der Waals surface area (Å²) in [5, 5.41) is 9.22. The topological polar surface area (TPSA) is 55.8 Å². The maximum absolute atomic E-state index is 11.2. The Morgan fingerprint density at radius 3 is 1.95 bits per heavy atom. The molecule has 0 unspecified atom stereocenters. The van der Waals surface area contributed by atoms with Crippen LogP contribution in [-0.4, -0.2) is 25.3 Å². The van der Waals surface area contributed by atoms with E-state index in [0.717, 1.165) is 22.3 Å². The molecular weight excluding hydrogens is 268 g/mol. The van der Waals surface area contributed by atoms with Gasteiger partial charge in [0.15, 0.2) is 11.5 Å². The number of carboxylic acids is 1. The first-order chi connectivity index (χ1) is 9.97. The van der Waals surface area contributed by atoms with Gasteiger partial charge < -0.3 is 14.6 Å². The molecule has 110 valence electrons. The minimum atomic E-state index is -0.899. The molecular formula is C17H18O4. The van der Waals surface area contributed by atoms with Crippen LogP contribution < -0.4 is 9.47 Å². The first-order valence-electron chi connectivity index (χ1n) is 6.55. The maximum Gasteiger partial charge on any atom is 0.336 e. The van der Waals surface area contributed by atoms with Crippen molar-refractivity contribution in [2.24, 2.45) is 0 Å². The molecule has 0 radical (unpaired) electrons. The molecule has 2 rings (SSSR count). The fourth-order valence-electron chi connectivity index (χ4n) is 2.48. The Kier molecular flexibility index (Phi) is 4.17. The van der Waals surface area contributed by atoms with E-state index in [1.165, 1.54) is 0 Å². The second-order valence-electron chi connectivity index (χ2n) is 4.86. The van der Waals surface area contributed by atoms with Crippen LogP contribution in [0, 0.1) is 13.8 Å². The molecule has 21 heavy (non-hydrogen) atoms. The van der Waals surface area contributed by atoms with Gasteiger partial charge in [0.1, 0.15) is 0 Å². The SMILES string of the molecule is COc1ccc(-c2cc(C)c(C(=O)O)c(C)c2)cc1OC. The van der Waals surface area contributed by atoms with Gasteiger partial charge >= 0.3 is 5.97 Å². The van der Waals surface area contributed by atoms with E-state index in [1.807, 2.05) is 30.3 Å². The average molecular weight is 286 g/mol. The van der Waals surface area contributed by atoms with Crippen LogP contribution in [-0.2, 0) is 0 Å².